The van der Waals surface area contributed by atoms with Crippen molar-refractivity contribution < 1.29 is 19.5 Å². The molecule has 3 N–H and O–H groups in total. The summed E-state index contributed by atoms with van der Waals surface area (Å²) in [6.45, 7) is 0.953. The van der Waals surface area contributed by atoms with Gasteiger partial charge in [-0.05, 0) is 44.1 Å². The van der Waals surface area contributed by atoms with Crippen molar-refractivity contribution in [2.45, 2.75) is 86.4 Å². The molecule has 1 aromatic rings. The van der Waals surface area contributed by atoms with Crippen molar-refractivity contribution in [2.75, 3.05) is 13.2 Å². The first-order chi connectivity index (χ1) is 17.0. The highest BCUT2D eigenvalue weighted by Gasteiger charge is 2.73. The molecular formula is C27H37N3O4S. The van der Waals surface area contributed by atoms with Gasteiger partial charge in [-0.15, -0.1) is 11.8 Å². The number of fused-ring (bicyclic) bond motifs is 1. The van der Waals surface area contributed by atoms with Gasteiger partial charge in [0, 0.05) is 31.0 Å². The minimum atomic E-state index is -0.539. The molecule has 0 aromatic heterocycles. The van der Waals surface area contributed by atoms with Gasteiger partial charge < -0.3 is 20.6 Å². The van der Waals surface area contributed by atoms with Gasteiger partial charge in [0.1, 0.15) is 6.04 Å². The minimum Gasteiger partial charge on any atom is -0.396 e. The lowest BCUT2D eigenvalue weighted by Crippen LogP contribution is -2.55. The molecule has 7 nitrogen and oxygen atoms in total. The molecule has 3 saturated heterocycles. The average Bonchev–Trinajstić information content (AvgIpc) is 3.51. The minimum absolute atomic E-state index is 0.0461. The van der Waals surface area contributed by atoms with Crippen molar-refractivity contribution in [1.29, 1.82) is 0 Å². The van der Waals surface area contributed by atoms with Crippen molar-refractivity contribution in [3.8, 4) is 0 Å². The number of aliphatic hydroxyl groups is 1. The number of hydrogen-bond acceptors (Lipinski definition) is 5. The third-order valence-electron chi connectivity index (χ3n) is 8.42. The highest BCUT2D eigenvalue weighted by atomic mass is 32.2. The fourth-order valence-corrected chi connectivity index (χ4v) is 9.04. The number of amides is 3. The lowest BCUT2D eigenvalue weighted by Gasteiger charge is -2.35. The van der Waals surface area contributed by atoms with Crippen LogP contribution in [0.4, 0.5) is 0 Å². The van der Waals surface area contributed by atoms with Crippen LogP contribution in [-0.4, -0.2) is 63.0 Å². The molecule has 1 aromatic carbocycles. The van der Waals surface area contributed by atoms with Gasteiger partial charge in [-0.1, -0.05) is 49.6 Å². The number of hydrogen-bond donors (Lipinski definition) is 3. The number of nitrogens with zero attached hydrogens (tertiary/aromatic N) is 1. The molecule has 190 valence electrons. The van der Waals surface area contributed by atoms with Crippen molar-refractivity contribution in [3.05, 3.63) is 35.9 Å². The summed E-state index contributed by atoms with van der Waals surface area (Å²) in [5.74, 6) is -1.04. The Hall–Kier alpha value is -2.06. The molecule has 35 heavy (non-hydrogen) atoms. The number of benzene rings is 1. The van der Waals surface area contributed by atoms with E-state index >= 15 is 0 Å². The molecule has 4 aliphatic rings. The fraction of sp³-hybridized carbons (Fsp3) is 0.667. The van der Waals surface area contributed by atoms with Crippen LogP contribution in [-0.2, 0) is 20.9 Å². The molecule has 3 aliphatic heterocycles. The highest BCUT2D eigenvalue weighted by molar-refractivity contribution is 8.02. The molecule has 1 saturated carbocycles. The second-order valence-electron chi connectivity index (χ2n) is 10.6. The van der Waals surface area contributed by atoms with E-state index in [-0.39, 0.29) is 35.6 Å². The van der Waals surface area contributed by atoms with E-state index in [0.29, 0.717) is 25.9 Å². The molecule has 3 heterocycles. The van der Waals surface area contributed by atoms with E-state index in [1.165, 1.54) is 6.42 Å². The monoisotopic (exact) mass is 499 g/mol. The molecule has 1 aliphatic carbocycles. The number of thioether (sulfide) groups is 1. The van der Waals surface area contributed by atoms with E-state index in [4.69, 9.17) is 0 Å². The Labute approximate surface area is 211 Å². The van der Waals surface area contributed by atoms with E-state index in [1.54, 1.807) is 16.7 Å². The summed E-state index contributed by atoms with van der Waals surface area (Å²) in [7, 11) is 0. The topological polar surface area (TPSA) is 98.7 Å². The molecule has 1 spiro atoms. The molecule has 8 heteroatoms. The van der Waals surface area contributed by atoms with Gasteiger partial charge >= 0.3 is 0 Å². The van der Waals surface area contributed by atoms with Crippen LogP contribution in [0.15, 0.2) is 30.3 Å². The molecule has 3 amide bonds. The molecular weight excluding hydrogens is 462 g/mol. The van der Waals surface area contributed by atoms with E-state index in [2.05, 4.69) is 10.6 Å². The number of unbranched alkanes of at least 4 members (excludes halogenated alkanes) is 1. The Balaban J connectivity index is 1.37. The van der Waals surface area contributed by atoms with Gasteiger partial charge in [0.2, 0.25) is 17.7 Å². The van der Waals surface area contributed by atoms with Gasteiger partial charge in [0.15, 0.2) is 0 Å². The number of nitrogens with one attached hydrogen (secondary N) is 2. The number of aliphatic hydroxyl groups excluding tert-OH is 1. The standard InChI is InChI=1S/C27H37N3O4S/c31-16-8-7-15-30-23(25(33)29-19-11-5-2-6-12-19)27-14-13-20(35-27)21(22(27)26(30)34)24(32)28-17-18-9-3-1-4-10-18/h1,3-4,9-10,19-23,31H,2,5-8,11-17H2,(H,28,32)(H,29,33)/t20-,21+,22-,23?,27?/m0/s1. The zero-order chi connectivity index (χ0) is 24.4. The maximum Gasteiger partial charge on any atom is 0.244 e. The smallest absolute Gasteiger partial charge is 0.244 e. The zero-order valence-corrected chi connectivity index (χ0v) is 21.1. The van der Waals surface area contributed by atoms with Gasteiger partial charge in [0.25, 0.3) is 0 Å². The quantitative estimate of drug-likeness (QED) is 0.454. The van der Waals surface area contributed by atoms with Crippen molar-refractivity contribution in [2.24, 2.45) is 11.8 Å². The van der Waals surface area contributed by atoms with Crippen molar-refractivity contribution in [1.82, 2.24) is 15.5 Å². The largest absolute Gasteiger partial charge is 0.396 e. The second-order valence-corrected chi connectivity index (χ2v) is 12.2. The van der Waals surface area contributed by atoms with Crippen LogP contribution in [0.3, 0.4) is 0 Å². The third kappa shape index (κ3) is 4.59. The second kappa shape index (κ2) is 10.5. The highest BCUT2D eigenvalue weighted by Crippen LogP contribution is 2.66. The molecule has 0 radical (unpaired) electrons. The first kappa shape index (κ1) is 24.6. The Bertz CT molecular complexity index is 938. The summed E-state index contributed by atoms with van der Waals surface area (Å²) < 4.78 is -0.533. The normalized spacial score (nSPS) is 32.0. The van der Waals surface area contributed by atoms with Crippen LogP contribution in [0.1, 0.15) is 63.4 Å². The van der Waals surface area contributed by atoms with Gasteiger partial charge in [0.05, 0.1) is 16.6 Å². The first-order valence-corrected chi connectivity index (χ1v) is 14.1. The Morgan fingerprint density at radius 2 is 1.83 bits per heavy atom. The van der Waals surface area contributed by atoms with E-state index in [9.17, 15) is 19.5 Å². The summed E-state index contributed by atoms with van der Waals surface area (Å²) in [5.41, 5.74) is 1.03. The summed E-state index contributed by atoms with van der Waals surface area (Å²) in [5, 5.41) is 15.7. The van der Waals surface area contributed by atoms with Crippen LogP contribution in [0.25, 0.3) is 0 Å². The predicted molar refractivity (Wildman–Crippen MR) is 135 cm³/mol. The van der Waals surface area contributed by atoms with Crippen molar-refractivity contribution >= 4 is 29.5 Å². The molecule has 5 rings (SSSR count). The van der Waals surface area contributed by atoms with Gasteiger partial charge in [-0.3, -0.25) is 14.4 Å². The lowest BCUT2D eigenvalue weighted by atomic mass is 9.70. The summed E-state index contributed by atoms with van der Waals surface area (Å²) in [6.07, 6.45) is 8.35. The SMILES string of the molecule is O=C(NC1CCCCC1)C1N(CCCCO)C(=O)[C@@H]2[C@H](C(=O)NCc3ccccc3)[C@@H]3CCC12S3. The number of rotatable bonds is 9. The van der Waals surface area contributed by atoms with Crippen LogP contribution >= 0.6 is 11.8 Å². The molecule has 2 unspecified atom stereocenters. The molecule has 4 fully saturated rings. The van der Waals surface area contributed by atoms with Gasteiger partial charge in [-0.2, -0.15) is 0 Å². The number of carbonyl (C=O) groups is 3. The fourth-order valence-electron chi connectivity index (χ4n) is 6.82. The first-order valence-electron chi connectivity index (χ1n) is 13.3. The van der Waals surface area contributed by atoms with Crippen LogP contribution in [0.5, 0.6) is 0 Å². The summed E-state index contributed by atoms with van der Waals surface area (Å²) in [6, 6.07) is 9.44. The summed E-state index contributed by atoms with van der Waals surface area (Å²) >= 11 is 1.72. The summed E-state index contributed by atoms with van der Waals surface area (Å²) in [4.78, 5) is 42.8. The third-order valence-corrected chi connectivity index (χ3v) is 10.4. The van der Waals surface area contributed by atoms with E-state index in [1.807, 2.05) is 30.3 Å². The van der Waals surface area contributed by atoms with E-state index < -0.39 is 22.6 Å². The predicted octanol–water partition coefficient (Wildman–Crippen LogP) is 2.62. The Morgan fingerprint density at radius 1 is 1.06 bits per heavy atom. The van der Waals surface area contributed by atoms with Crippen molar-refractivity contribution in [3.63, 3.8) is 0 Å². The van der Waals surface area contributed by atoms with E-state index in [0.717, 1.165) is 44.1 Å². The number of carbonyl (C=O) groups excluding carboxylic acids is 3. The number of likely N-dealkylation sites (tertiary alicyclic amines) is 1. The molecule has 2 bridgehead atoms. The Kier molecular flexibility index (Phi) is 7.39. The average molecular weight is 500 g/mol. The Morgan fingerprint density at radius 3 is 2.57 bits per heavy atom. The van der Waals surface area contributed by atoms with Gasteiger partial charge in [-0.25, -0.2) is 0 Å². The zero-order valence-electron chi connectivity index (χ0n) is 20.3. The van der Waals surface area contributed by atoms with Crippen LogP contribution < -0.4 is 10.6 Å². The maximum absolute atomic E-state index is 13.9. The maximum atomic E-state index is 13.9. The van der Waals surface area contributed by atoms with Crippen LogP contribution in [0, 0.1) is 11.8 Å². The molecule has 5 atom stereocenters. The van der Waals surface area contributed by atoms with Crippen LogP contribution in [0.2, 0.25) is 0 Å². The lowest BCUT2D eigenvalue weighted by molar-refractivity contribution is -0.140.